The SMILES string of the molecule is CC(C)Oc1ccccc1[N+]#N. The molecular weight excluding hydrogens is 152 g/mol. The number of hydrogen-bond donors (Lipinski definition) is 0. The Morgan fingerprint density at radius 2 is 2.00 bits per heavy atom. The highest BCUT2D eigenvalue weighted by atomic mass is 16.5. The maximum Gasteiger partial charge on any atom is 0.426 e. The lowest BCUT2D eigenvalue weighted by molar-refractivity contribution is 0.244. The third kappa shape index (κ3) is 1.96. The maximum absolute atomic E-state index is 8.58. The average molecular weight is 163 g/mol. The van der Waals surface area contributed by atoms with Crippen molar-refractivity contribution in [3.05, 3.63) is 29.2 Å². The van der Waals surface area contributed by atoms with Crippen molar-refractivity contribution in [3.8, 4) is 5.75 Å². The summed E-state index contributed by atoms with van der Waals surface area (Å²) in [7, 11) is 0. The summed E-state index contributed by atoms with van der Waals surface area (Å²) < 4.78 is 5.38. The Labute approximate surface area is 71.6 Å². The highest BCUT2D eigenvalue weighted by Crippen LogP contribution is 2.27. The molecule has 0 spiro atoms. The molecule has 0 aliphatic rings. The van der Waals surface area contributed by atoms with Gasteiger partial charge in [0.1, 0.15) is 0 Å². The number of benzene rings is 1. The largest absolute Gasteiger partial charge is 0.483 e. The van der Waals surface area contributed by atoms with Gasteiger partial charge in [-0.15, -0.1) is 0 Å². The molecule has 3 heteroatoms. The van der Waals surface area contributed by atoms with E-state index in [9.17, 15) is 0 Å². The van der Waals surface area contributed by atoms with Crippen molar-refractivity contribution in [1.82, 2.24) is 0 Å². The molecule has 0 fully saturated rings. The summed E-state index contributed by atoms with van der Waals surface area (Å²) >= 11 is 0. The zero-order chi connectivity index (χ0) is 8.97. The molecular formula is C9H11N2O+. The van der Waals surface area contributed by atoms with Crippen LogP contribution in [-0.4, -0.2) is 6.10 Å². The lowest BCUT2D eigenvalue weighted by Gasteiger charge is -2.05. The molecule has 0 radical (unpaired) electrons. The fraction of sp³-hybridized carbons (Fsp3) is 0.333. The van der Waals surface area contributed by atoms with Crippen LogP contribution in [0.5, 0.6) is 5.75 Å². The molecule has 1 aromatic carbocycles. The molecule has 0 aromatic heterocycles. The predicted molar refractivity (Wildman–Crippen MR) is 47.0 cm³/mol. The van der Waals surface area contributed by atoms with E-state index in [1.807, 2.05) is 19.9 Å². The van der Waals surface area contributed by atoms with E-state index >= 15 is 0 Å². The van der Waals surface area contributed by atoms with Crippen LogP contribution in [0.1, 0.15) is 13.8 Å². The van der Waals surface area contributed by atoms with Crippen molar-refractivity contribution >= 4 is 5.69 Å². The van der Waals surface area contributed by atoms with Gasteiger partial charge < -0.3 is 4.74 Å². The van der Waals surface area contributed by atoms with Crippen LogP contribution in [0.4, 0.5) is 5.69 Å². The summed E-state index contributed by atoms with van der Waals surface area (Å²) in [5, 5.41) is 8.58. The molecule has 1 rings (SSSR count). The lowest BCUT2D eigenvalue weighted by Crippen LogP contribution is -2.05. The van der Waals surface area contributed by atoms with Crippen LogP contribution in [-0.2, 0) is 0 Å². The maximum atomic E-state index is 8.58. The number of rotatable bonds is 2. The van der Waals surface area contributed by atoms with Crippen LogP contribution < -0.4 is 4.74 Å². The van der Waals surface area contributed by atoms with Gasteiger partial charge in [-0.1, -0.05) is 12.1 Å². The van der Waals surface area contributed by atoms with Crippen molar-refractivity contribution in [3.63, 3.8) is 0 Å². The van der Waals surface area contributed by atoms with Crippen LogP contribution >= 0.6 is 0 Å². The Hall–Kier alpha value is -1.56. The molecule has 0 amide bonds. The minimum atomic E-state index is 0.0906. The van der Waals surface area contributed by atoms with Crippen LogP contribution in [0.2, 0.25) is 0 Å². The number of ether oxygens (including phenoxy) is 1. The van der Waals surface area contributed by atoms with Gasteiger partial charge in [0.15, 0.2) is 4.98 Å². The Kier molecular flexibility index (Phi) is 2.65. The smallest absolute Gasteiger partial charge is 0.426 e. The number of hydrogen-bond acceptors (Lipinski definition) is 2. The standard InChI is InChI=1S/C9H11N2O/c1-7(2)12-9-6-4-3-5-8(9)11-10/h3-7H,1-2H3/q+1. The second kappa shape index (κ2) is 3.72. The lowest BCUT2D eigenvalue weighted by atomic mass is 10.3. The highest BCUT2D eigenvalue weighted by Gasteiger charge is 2.13. The van der Waals surface area contributed by atoms with Gasteiger partial charge in [-0.25, -0.2) is 0 Å². The predicted octanol–water partition coefficient (Wildman–Crippen LogP) is 2.96. The minimum Gasteiger partial charge on any atom is -0.483 e. The molecule has 12 heavy (non-hydrogen) atoms. The van der Waals surface area contributed by atoms with E-state index in [0.717, 1.165) is 0 Å². The molecule has 3 nitrogen and oxygen atoms in total. The Morgan fingerprint density at radius 3 is 2.58 bits per heavy atom. The van der Waals surface area contributed by atoms with Crippen LogP contribution in [0.25, 0.3) is 4.98 Å². The van der Waals surface area contributed by atoms with E-state index in [0.29, 0.717) is 11.4 Å². The minimum absolute atomic E-state index is 0.0906. The summed E-state index contributed by atoms with van der Waals surface area (Å²) in [4.78, 5) is 3.10. The molecule has 0 bridgehead atoms. The van der Waals surface area contributed by atoms with Gasteiger partial charge in [0.25, 0.3) is 0 Å². The topological polar surface area (TPSA) is 37.4 Å². The molecule has 0 heterocycles. The highest BCUT2D eigenvalue weighted by molar-refractivity contribution is 5.56. The molecule has 1 aromatic rings. The molecule has 0 aliphatic heterocycles. The van der Waals surface area contributed by atoms with E-state index in [1.54, 1.807) is 18.2 Å². The summed E-state index contributed by atoms with van der Waals surface area (Å²) in [5.74, 6) is 0.606. The third-order valence-corrected chi connectivity index (χ3v) is 1.34. The zero-order valence-electron chi connectivity index (χ0n) is 7.19. The van der Waals surface area contributed by atoms with Crippen LogP contribution in [0.3, 0.4) is 0 Å². The fourth-order valence-corrected chi connectivity index (χ4v) is 0.893. The van der Waals surface area contributed by atoms with Crippen molar-refractivity contribution in [2.45, 2.75) is 20.0 Å². The van der Waals surface area contributed by atoms with Gasteiger partial charge in [0.05, 0.1) is 6.10 Å². The normalized spacial score (nSPS) is 9.50. The van der Waals surface area contributed by atoms with E-state index in [4.69, 9.17) is 10.1 Å². The fourth-order valence-electron chi connectivity index (χ4n) is 0.893. The molecule has 0 saturated carbocycles. The first-order valence-electron chi connectivity index (χ1n) is 3.85. The molecule has 0 atom stereocenters. The molecule has 0 aliphatic carbocycles. The van der Waals surface area contributed by atoms with Gasteiger partial charge in [-0.05, 0) is 19.9 Å². The van der Waals surface area contributed by atoms with Gasteiger partial charge in [-0.2, -0.15) is 0 Å². The zero-order valence-corrected chi connectivity index (χ0v) is 7.19. The second-order valence-electron chi connectivity index (χ2n) is 2.73. The second-order valence-corrected chi connectivity index (χ2v) is 2.73. The first-order chi connectivity index (χ1) is 5.74. The number of nitrogens with zero attached hydrogens (tertiary/aromatic N) is 2. The van der Waals surface area contributed by atoms with Crippen LogP contribution in [0.15, 0.2) is 24.3 Å². The first kappa shape index (κ1) is 8.54. The van der Waals surface area contributed by atoms with E-state index in [1.165, 1.54) is 0 Å². The summed E-state index contributed by atoms with van der Waals surface area (Å²) in [6, 6.07) is 7.10. The molecule has 0 saturated heterocycles. The van der Waals surface area contributed by atoms with Crippen LogP contribution in [0, 0.1) is 5.39 Å². The van der Waals surface area contributed by atoms with Gasteiger partial charge >= 0.3 is 5.69 Å². The number of para-hydroxylation sites is 1. The van der Waals surface area contributed by atoms with E-state index in [-0.39, 0.29) is 6.10 Å². The van der Waals surface area contributed by atoms with Crippen molar-refractivity contribution in [2.24, 2.45) is 0 Å². The number of diazo groups is 1. The van der Waals surface area contributed by atoms with Gasteiger partial charge in [0, 0.05) is 6.07 Å². The molecule has 0 N–H and O–H groups in total. The van der Waals surface area contributed by atoms with Gasteiger partial charge in [0.2, 0.25) is 11.1 Å². The molecule has 0 unspecified atom stereocenters. The van der Waals surface area contributed by atoms with E-state index < -0.39 is 0 Å². The van der Waals surface area contributed by atoms with E-state index in [2.05, 4.69) is 4.98 Å². The Morgan fingerprint density at radius 1 is 1.33 bits per heavy atom. The molecule has 62 valence electrons. The third-order valence-electron chi connectivity index (χ3n) is 1.34. The summed E-state index contributed by atoms with van der Waals surface area (Å²) in [5.41, 5.74) is 0.464. The quantitative estimate of drug-likeness (QED) is 0.628. The van der Waals surface area contributed by atoms with Crippen molar-refractivity contribution in [1.29, 1.82) is 5.39 Å². The monoisotopic (exact) mass is 163 g/mol. The summed E-state index contributed by atoms with van der Waals surface area (Å²) in [6.45, 7) is 3.85. The summed E-state index contributed by atoms with van der Waals surface area (Å²) in [6.07, 6.45) is 0.0906. The first-order valence-corrected chi connectivity index (χ1v) is 3.85. The Balaban J connectivity index is 2.91. The Bertz CT molecular complexity index is 302. The van der Waals surface area contributed by atoms with Crippen molar-refractivity contribution in [2.75, 3.05) is 0 Å². The average Bonchev–Trinajstić information content (AvgIpc) is 2.04. The van der Waals surface area contributed by atoms with Crippen molar-refractivity contribution < 1.29 is 4.74 Å². The van der Waals surface area contributed by atoms with Gasteiger partial charge in [-0.3, -0.25) is 0 Å².